The number of nitrogens with one attached hydrogen (secondary N) is 1. The molecule has 0 fully saturated rings. The van der Waals surface area contributed by atoms with Gasteiger partial charge in [0.05, 0.1) is 12.1 Å². The minimum atomic E-state index is -0.112. The van der Waals surface area contributed by atoms with Gasteiger partial charge < -0.3 is 15.0 Å². The van der Waals surface area contributed by atoms with Crippen molar-refractivity contribution in [3.05, 3.63) is 45.9 Å². The first-order chi connectivity index (χ1) is 10.6. The summed E-state index contributed by atoms with van der Waals surface area (Å²) in [5.41, 5.74) is 1.64. The quantitative estimate of drug-likeness (QED) is 0.848. The highest BCUT2D eigenvalue weighted by Crippen LogP contribution is 2.17. The van der Waals surface area contributed by atoms with Crippen molar-refractivity contribution in [1.82, 2.24) is 15.2 Å². The Morgan fingerprint density at radius 2 is 2.05 bits per heavy atom. The lowest BCUT2D eigenvalue weighted by molar-refractivity contribution is 0.0946. The normalized spacial score (nSPS) is 10.7. The highest BCUT2D eigenvalue weighted by Gasteiger charge is 2.10. The second-order valence-electron chi connectivity index (χ2n) is 5.21. The first kappa shape index (κ1) is 16.5. The number of carbonyl (C=O) groups is 1. The highest BCUT2D eigenvalue weighted by molar-refractivity contribution is 7.09. The van der Waals surface area contributed by atoms with Crippen LogP contribution in [-0.4, -0.2) is 50.1 Å². The highest BCUT2D eigenvalue weighted by atomic mass is 32.1. The van der Waals surface area contributed by atoms with Gasteiger partial charge in [0, 0.05) is 24.9 Å². The van der Waals surface area contributed by atoms with E-state index >= 15 is 0 Å². The van der Waals surface area contributed by atoms with Gasteiger partial charge in [0.25, 0.3) is 5.91 Å². The van der Waals surface area contributed by atoms with Crippen LogP contribution in [0, 0.1) is 0 Å². The van der Waals surface area contributed by atoms with Gasteiger partial charge >= 0.3 is 0 Å². The van der Waals surface area contributed by atoms with Gasteiger partial charge in [0.2, 0.25) is 0 Å². The first-order valence-electron chi connectivity index (χ1n) is 7.08. The monoisotopic (exact) mass is 319 g/mol. The maximum atomic E-state index is 12.0. The summed E-state index contributed by atoms with van der Waals surface area (Å²) in [6.07, 6.45) is 0.722. The van der Waals surface area contributed by atoms with Gasteiger partial charge in [-0.1, -0.05) is 12.1 Å². The van der Waals surface area contributed by atoms with Gasteiger partial charge in [-0.2, -0.15) is 0 Å². The van der Waals surface area contributed by atoms with Crippen LogP contribution in [0.5, 0.6) is 5.75 Å². The number of thiazole rings is 1. The van der Waals surface area contributed by atoms with Crippen LogP contribution in [0.15, 0.2) is 29.6 Å². The first-order valence-corrected chi connectivity index (χ1v) is 7.96. The predicted molar refractivity (Wildman–Crippen MR) is 88.8 cm³/mol. The number of amides is 1. The minimum Gasteiger partial charge on any atom is -0.497 e. The number of benzene rings is 1. The number of nitrogens with zero attached hydrogens (tertiary/aromatic N) is 2. The molecule has 2 rings (SSSR count). The lowest BCUT2D eigenvalue weighted by Crippen LogP contribution is -2.31. The molecule has 1 aromatic heterocycles. The molecule has 0 saturated heterocycles. The van der Waals surface area contributed by atoms with Crippen LogP contribution >= 0.6 is 11.3 Å². The Kier molecular flexibility index (Phi) is 5.91. The fraction of sp³-hybridized carbons (Fsp3) is 0.375. The third-order valence-corrected chi connectivity index (χ3v) is 3.99. The third-order valence-electron chi connectivity index (χ3n) is 3.14. The van der Waals surface area contributed by atoms with Crippen LogP contribution in [0.1, 0.15) is 21.1 Å². The summed E-state index contributed by atoms with van der Waals surface area (Å²) >= 11 is 1.51. The van der Waals surface area contributed by atoms with E-state index in [1.165, 1.54) is 11.3 Å². The van der Waals surface area contributed by atoms with Crippen molar-refractivity contribution in [3.63, 3.8) is 0 Å². The van der Waals surface area contributed by atoms with Crippen molar-refractivity contribution >= 4 is 17.2 Å². The Balaban J connectivity index is 1.91. The zero-order valence-corrected chi connectivity index (χ0v) is 13.9. The van der Waals surface area contributed by atoms with Crippen LogP contribution < -0.4 is 10.1 Å². The molecular weight excluding hydrogens is 298 g/mol. The predicted octanol–water partition coefficient (Wildman–Crippen LogP) is 2.03. The molecule has 2 aromatic rings. The molecule has 1 amide bonds. The molecule has 0 aliphatic heterocycles. The summed E-state index contributed by atoms with van der Waals surface area (Å²) in [6.45, 7) is 1.44. The van der Waals surface area contributed by atoms with Crippen molar-refractivity contribution < 1.29 is 9.53 Å². The van der Waals surface area contributed by atoms with E-state index in [1.807, 2.05) is 48.6 Å². The zero-order valence-electron chi connectivity index (χ0n) is 13.1. The number of carbonyl (C=O) groups excluding carboxylic acids is 1. The molecule has 0 aliphatic carbocycles. The van der Waals surface area contributed by atoms with Gasteiger partial charge in [0.15, 0.2) is 0 Å². The molecule has 0 aliphatic rings. The number of aromatic nitrogens is 1. The van der Waals surface area contributed by atoms with Gasteiger partial charge in [0.1, 0.15) is 11.4 Å². The number of rotatable bonds is 7. The Hall–Kier alpha value is -1.92. The van der Waals surface area contributed by atoms with E-state index in [0.717, 1.165) is 29.3 Å². The molecule has 0 saturated carbocycles. The summed E-state index contributed by atoms with van der Waals surface area (Å²) in [5, 5.41) is 5.61. The molecule has 6 heteroatoms. The molecule has 1 heterocycles. The number of methoxy groups -OCH3 is 1. The molecule has 1 N–H and O–H groups in total. The molecule has 0 spiro atoms. The standard InChI is InChI=1S/C16H21N3O2S/c1-19(2)9-8-17-16(20)14-11-22-15(18-14)10-12-4-6-13(21-3)7-5-12/h4-7,11H,8-10H2,1-3H3,(H,17,20). The maximum Gasteiger partial charge on any atom is 0.270 e. The van der Waals surface area contributed by atoms with E-state index in [-0.39, 0.29) is 5.91 Å². The number of hydrogen-bond donors (Lipinski definition) is 1. The second kappa shape index (κ2) is 7.91. The summed E-state index contributed by atoms with van der Waals surface area (Å²) < 4.78 is 5.14. The number of likely N-dealkylation sites (N-methyl/N-ethyl adjacent to an activating group) is 1. The molecule has 0 unspecified atom stereocenters. The average Bonchev–Trinajstić information content (AvgIpc) is 2.96. The molecule has 1 aromatic carbocycles. The van der Waals surface area contributed by atoms with Crippen LogP contribution in [0.4, 0.5) is 0 Å². The van der Waals surface area contributed by atoms with Crippen molar-refractivity contribution in [3.8, 4) is 5.75 Å². The minimum absolute atomic E-state index is 0.112. The van der Waals surface area contributed by atoms with Crippen LogP contribution in [-0.2, 0) is 6.42 Å². The summed E-state index contributed by atoms with van der Waals surface area (Å²) in [5.74, 6) is 0.725. The van der Waals surface area contributed by atoms with E-state index in [9.17, 15) is 4.79 Å². The van der Waals surface area contributed by atoms with Crippen LogP contribution in [0.3, 0.4) is 0 Å². The molecule has 118 valence electrons. The van der Waals surface area contributed by atoms with Gasteiger partial charge in [-0.3, -0.25) is 4.79 Å². The van der Waals surface area contributed by atoms with Crippen molar-refractivity contribution in [1.29, 1.82) is 0 Å². The molecule has 0 atom stereocenters. The van der Waals surface area contributed by atoms with Gasteiger partial charge in [-0.25, -0.2) is 4.98 Å². The Morgan fingerprint density at radius 3 is 2.68 bits per heavy atom. The molecular formula is C16H21N3O2S. The summed E-state index contributed by atoms with van der Waals surface area (Å²) in [6, 6.07) is 7.88. The third kappa shape index (κ3) is 4.82. The molecule has 0 bridgehead atoms. The van der Waals surface area contributed by atoms with Gasteiger partial charge in [-0.05, 0) is 31.8 Å². The lowest BCUT2D eigenvalue weighted by Gasteiger charge is -2.09. The Labute approximate surface area is 134 Å². The van der Waals surface area contributed by atoms with Gasteiger partial charge in [-0.15, -0.1) is 11.3 Å². The van der Waals surface area contributed by atoms with Crippen molar-refractivity contribution in [2.24, 2.45) is 0 Å². The van der Waals surface area contributed by atoms with Crippen molar-refractivity contribution in [2.45, 2.75) is 6.42 Å². The smallest absolute Gasteiger partial charge is 0.270 e. The largest absolute Gasteiger partial charge is 0.497 e. The van der Waals surface area contributed by atoms with Crippen LogP contribution in [0.25, 0.3) is 0 Å². The maximum absolute atomic E-state index is 12.0. The summed E-state index contributed by atoms with van der Waals surface area (Å²) in [4.78, 5) is 18.4. The van der Waals surface area contributed by atoms with E-state index < -0.39 is 0 Å². The van der Waals surface area contributed by atoms with Crippen LogP contribution in [0.2, 0.25) is 0 Å². The van der Waals surface area contributed by atoms with E-state index in [0.29, 0.717) is 12.2 Å². The van der Waals surface area contributed by atoms with E-state index in [2.05, 4.69) is 10.3 Å². The number of hydrogen-bond acceptors (Lipinski definition) is 5. The topological polar surface area (TPSA) is 54.5 Å². The molecule has 5 nitrogen and oxygen atoms in total. The SMILES string of the molecule is COc1ccc(Cc2nc(C(=O)NCCN(C)C)cs2)cc1. The summed E-state index contributed by atoms with van der Waals surface area (Å²) in [7, 11) is 5.60. The Bertz CT molecular complexity index is 608. The van der Waals surface area contributed by atoms with E-state index in [1.54, 1.807) is 7.11 Å². The fourth-order valence-electron chi connectivity index (χ4n) is 1.90. The fourth-order valence-corrected chi connectivity index (χ4v) is 2.71. The lowest BCUT2D eigenvalue weighted by atomic mass is 10.1. The molecule has 22 heavy (non-hydrogen) atoms. The number of ether oxygens (including phenoxy) is 1. The Morgan fingerprint density at radius 1 is 1.32 bits per heavy atom. The average molecular weight is 319 g/mol. The second-order valence-corrected chi connectivity index (χ2v) is 6.15. The van der Waals surface area contributed by atoms with E-state index in [4.69, 9.17) is 4.74 Å². The molecule has 0 radical (unpaired) electrons. The zero-order chi connectivity index (χ0) is 15.9. The van der Waals surface area contributed by atoms with Crippen molar-refractivity contribution in [2.75, 3.05) is 34.3 Å².